The fourth-order valence-corrected chi connectivity index (χ4v) is 3.48. The first-order chi connectivity index (χ1) is 10.9. The minimum Gasteiger partial charge on any atom is -0.468 e. The molecule has 1 heterocycles. The SMILES string of the molecule is CNC(CCCCNCC1(O)OCC2C(O)C(O)C21)C(=O)OC. The van der Waals surface area contributed by atoms with Crippen molar-refractivity contribution in [2.75, 3.05) is 33.9 Å². The molecule has 0 amide bonds. The van der Waals surface area contributed by atoms with Gasteiger partial charge < -0.3 is 35.4 Å². The molecular formula is C15H28N2O6. The number of ether oxygens (including phenoxy) is 2. The molecule has 0 aromatic heterocycles. The van der Waals surface area contributed by atoms with E-state index in [1.807, 2.05) is 0 Å². The zero-order valence-electron chi connectivity index (χ0n) is 13.7. The monoisotopic (exact) mass is 332 g/mol. The fourth-order valence-electron chi connectivity index (χ4n) is 3.48. The summed E-state index contributed by atoms with van der Waals surface area (Å²) in [5, 5.41) is 35.8. The van der Waals surface area contributed by atoms with Gasteiger partial charge in [0, 0.05) is 5.92 Å². The third kappa shape index (κ3) is 3.84. The second kappa shape index (κ2) is 7.87. The quantitative estimate of drug-likeness (QED) is 0.248. The van der Waals surface area contributed by atoms with E-state index >= 15 is 0 Å². The van der Waals surface area contributed by atoms with Gasteiger partial charge in [-0.2, -0.15) is 0 Å². The largest absolute Gasteiger partial charge is 0.468 e. The smallest absolute Gasteiger partial charge is 0.322 e. The van der Waals surface area contributed by atoms with Crippen LogP contribution >= 0.6 is 0 Å². The molecule has 1 saturated carbocycles. The van der Waals surface area contributed by atoms with Crippen molar-refractivity contribution in [2.24, 2.45) is 11.8 Å². The van der Waals surface area contributed by atoms with Crippen LogP contribution in [0.1, 0.15) is 19.3 Å². The average molecular weight is 332 g/mol. The zero-order chi connectivity index (χ0) is 17.0. The Kier molecular flexibility index (Phi) is 6.35. The molecule has 8 nitrogen and oxygen atoms in total. The Morgan fingerprint density at radius 3 is 2.78 bits per heavy atom. The van der Waals surface area contributed by atoms with Crippen molar-refractivity contribution in [3.63, 3.8) is 0 Å². The van der Waals surface area contributed by atoms with Crippen LogP contribution in [0, 0.1) is 11.8 Å². The predicted octanol–water partition coefficient (Wildman–Crippen LogP) is -1.81. The Balaban J connectivity index is 1.62. The number of carbonyl (C=O) groups excluding carboxylic acids is 1. The fraction of sp³-hybridized carbons (Fsp3) is 0.933. The molecule has 0 spiro atoms. The van der Waals surface area contributed by atoms with Crippen LogP contribution in [0.5, 0.6) is 0 Å². The molecule has 1 saturated heterocycles. The first kappa shape index (κ1) is 18.6. The molecule has 0 radical (unpaired) electrons. The van der Waals surface area contributed by atoms with Crippen molar-refractivity contribution in [1.29, 1.82) is 0 Å². The zero-order valence-corrected chi connectivity index (χ0v) is 13.7. The van der Waals surface area contributed by atoms with Crippen molar-refractivity contribution in [2.45, 2.75) is 43.3 Å². The van der Waals surface area contributed by atoms with Crippen molar-refractivity contribution in [3.05, 3.63) is 0 Å². The number of likely N-dealkylation sites (N-methyl/N-ethyl adjacent to an activating group) is 1. The summed E-state index contributed by atoms with van der Waals surface area (Å²) in [6.07, 6.45) is 0.628. The molecule has 134 valence electrons. The lowest BCUT2D eigenvalue weighted by atomic mass is 9.66. The van der Waals surface area contributed by atoms with Crippen LogP contribution in [0.4, 0.5) is 0 Å². The van der Waals surface area contributed by atoms with E-state index in [2.05, 4.69) is 10.6 Å². The lowest BCUT2D eigenvalue weighted by Gasteiger charge is -2.45. The number of carbonyl (C=O) groups is 1. The van der Waals surface area contributed by atoms with Gasteiger partial charge in [-0.25, -0.2) is 0 Å². The standard InChI is InChI=1S/C15H28N2O6/c1-16-10(14(20)22-2)5-3-4-6-17-8-15(21)11-9(7-23-15)12(18)13(11)19/h9-13,16-19,21H,3-8H2,1-2H3. The maximum absolute atomic E-state index is 11.4. The molecule has 6 unspecified atom stereocenters. The molecule has 5 N–H and O–H groups in total. The van der Waals surface area contributed by atoms with Crippen LogP contribution in [0.15, 0.2) is 0 Å². The summed E-state index contributed by atoms with van der Waals surface area (Å²) in [6, 6.07) is -0.297. The highest BCUT2D eigenvalue weighted by atomic mass is 16.6. The summed E-state index contributed by atoms with van der Waals surface area (Å²) in [5.41, 5.74) is 0. The first-order valence-electron chi connectivity index (χ1n) is 8.13. The third-order valence-corrected chi connectivity index (χ3v) is 4.97. The summed E-state index contributed by atoms with van der Waals surface area (Å²) in [4.78, 5) is 11.4. The number of aliphatic hydroxyl groups excluding tert-OH is 2. The van der Waals surface area contributed by atoms with Gasteiger partial charge in [-0.1, -0.05) is 6.42 Å². The van der Waals surface area contributed by atoms with Gasteiger partial charge in [-0.05, 0) is 26.4 Å². The highest BCUT2D eigenvalue weighted by molar-refractivity contribution is 5.75. The van der Waals surface area contributed by atoms with Gasteiger partial charge in [-0.3, -0.25) is 4.79 Å². The van der Waals surface area contributed by atoms with Gasteiger partial charge in [-0.15, -0.1) is 0 Å². The summed E-state index contributed by atoms with van der Waals surface area (Å²) in [7, 11) is 3.09. The Bertz CT molecular complexity index is 409. The van der Waals surface area contributed by atoms with E-state index < -0.39 is 23.9 Å². The van der Waals surface area contributed by atoms with Crippen molar-refractivity contribution in [3.8, 4) is 0 Å². The highest BCUT2D eigenvalue weighted by Gasteiger charge is 2.63. The summed E-state index contributed by atoms with van der Waals surface area (Å²) in [6.45, 7) is 1.15. The number of unbranched alkanes of at least 4 members (excludes halogenated alkanes) is 1. The Morgan fingerprint density at radius 2 is 2.13 bits per heavy atom. The van der Waals surface area contributed by atoms with Crippen LogP contribution < -0.4 is 10.6 Å². The summed E-state index contributed by atoms with van der Waals surface area (Å²) >= 11 is 0. The highest BCUT2D eigenvalue weighted by Crippen LogP contribution is 2.48. The van der Waals surface area contributed by atoms with Crippen LogP contribution in [-0.2, 0) is 14.3 Å². The van der Waals surface area contributed by atoms with Gasteiger partial charge in [0.05, 0.1) is 38.4 Å². The molecule has 0 bridgehead atoms. The van der Waals surface area contributed by atoms with E-state index in [0.717, 1.165) is 12.8 Å². The number of nitrogens with one attached hydrogen (secondary N) is 2. The van der Waals surface area contributed by atoms with Gasteiger partial charge in [0.2, 0.25) is 0 Å². The van der Waals surface area contributed by atoms with Crippen molar-refractivity contribution in [1.82, 2.24) is 10.6 Å². The van der Waals surface area contributed by atoms with E-state index in [0.29, 0.717) is 13.0 Å². The van der Waals surface area contributed by atoms with Gasteiger partial charge in [0.25, 0.3) is 0 Å². The molecule has 0 aromatic rings. The van der Waals surface area contributed by atoms with Crippen LogP contribution in [0.3, 0.4) is 0 Å². The van der Waals surface area contributed by atoms with E-state index in [-0.39, 0.29) is 31.1 Å². The molecule has 1 aliphatic carbocycles. The van der Waals surface area contributed by atoms with E-state index in [9.17, 15) is 20.1 Å². The predicted molar refractivity (Wildman–Crippen MR) is 81.5 cm³/mol. The van der Waals surface area contributed by atoms with Crippen LogP contribution in [0.2, 0.25) is 0 Å². The number of hydrogen-bond acceptors (Lipinski definition) is 8. The molecule has 1 aliphatic heterocycles. The van der Waals surface area contributed by atoms with Crippen molar-refractivity contribution < 1.29 is 29.6 Å². The lowest BCUT2D eigenvalue weighted by molar-refractivity contribution is -0.241. The lowest BCUT2D eigenvalue weighted by Crippen LogP contribution is -2.63. The average Bonchev–Trinajstić information content (AvgIpc) is 2.87. The number of hydrogen-bond donors (Lipinski definition) is 5. The van der Waals surface area contributed by atoms with Gasteiger partial charge >= 0.3 is 5.97 Å². The normalized spacial score (nSPS) is 37.1. The molecule has 2 rings (SSSR count). The number of aliphatic hydroxyl groups is 3. The summed E-state index contributed by atoms with van der Waals surface area (Å²) in [5.74, 6) is -2.30. The molecular weight excluding hydrogens is 304 g/mol. The van der Waals surface area contributed by atoms with Crippen LogP contribution in [-0.4, -0.2) is 79.2 Å². The Labute approximate surface area is 136 Å². The number of rotatable bonds is 9. The minimum absolute atomic E-state index is 0.187. The molecule has 8 heteroatoms. The number of esters is 1. The van der Waals surface area contributed by atoms with E-state index in [4.69, 9.17) is 9.47 Å². The van der Waals surface area contributed by atoms with Gasteiger partial charge in [0.15, 0.2) is 5.79 Å². The maximum atomic E-state index is 11.4. The minimum atomic E-state index is -1.41. The number of fused-ring (bicyclic) bond motifs is 1. The number of methoxy groups -OCH3 is 1. The molecule has 2 fully saturated rings. The molecule has 2 aliphatic rings. The second-order valence-corrected chi connectivity index (χ2v) is 6.36. The Morgan fingerprint density at radius 1 is 1.39 bits per heavy atom. The van der Waals surface area contributed by atoms with E-state index in [1.54, 1.807) is 7.05 Å². The van der Waals surface area contributed by atoms with Crippen molar-refractivity contribution >= 4 is 5.97 Å². The topological polar surface area (TPSA) is 120 Å². The van der Waals surface area contributed by atoms with Gasteiger partial charge in [0.1, 0.15) is 6.04 Å². The summed E-state index contributed by atoms with van der Waals surface area (Å²) < 4.78 is 10.1. The molecule has 6 atom stereocenters. The van der Waals surface area contributed by atoms with Crippen LogP contribution in [0.25, 0.3) is 0 Å². The Hall–Kier alpha value is -0.770. The molecule has 23 heavy (non-hydrogen) atoms. The maximum Gasteiger partial charge on any atom is 0.322 e. The second-order valence-electron chi connectivity index (χ2n) is 6.36. The van der Waals surface area contributed by atoms with E-state index in [1.165, 1.54) is 7.11 Å². The molecule has 0 aromatic carbocycles. The third-order valence-electron chi connectivity index (χ3n) is 4.97. The first-order valence-corrected chi connectivity index (χ1v) is 8.13.